The van der Waals surface area contributed by atoms with Crippen molar-refractivity contribution in [1.29, 1.82) is 0 Å². The summed E-state index contributed by atoms with van der Waals surface area (Å²) in [6.07, 6.45) is 2.19. The van der Waals surface area contributed by atoms with Gasteiger partial charge in [-0.05, 0) is 52.4 Å². The molecule has 5 heteroatoms. The van der Waals surface area contributed by atoms with Gasteiger partial charge in [-0.1, -0.05) is 0 Å². The highest BCUT2D eigenvalue weighted by molar-refractivity contribution is 6.66. The molecular formula is C12H29NO3Si. The largest absolute Gasteiger partial charge is 0.395 e. The molecule has 0 amide bonds. The van der Waals surface area contributed by atoms with E-state index in [0.717, 1.165) is 51.8 Å². The third kappa shape index (κ3) is 9.73. The molecule has 0 saturated carbocycles. The van der Waals surface area contributed by atoms with E-state index >= 15 is 0 Å². The van der Waals surface area contributed by atoms with Crippen molar-refractivity contribution in [2.24, 2.45) is 0 Å². The highest BCUT2D eigenvalue weighted by Crippen LogP contribution is 2.15. The highest BCUT2D eigenvalue weighted by Gasteiger charge is 2.29. The summed E-state index contributed by atoms with van der Waals surface area (Å²) in [6, 6.07) is 1.06. The lowest BCUT2D eigenvalue weighted by molar-refractivity contribution is 0.187. The van der Waals surface area contributed by atoms with Crippen LogP contribution >= 0.6 is 0 Å². The zero-order valence-electron chi connectivity index (χ0n) is 11.9. The Hall–Kier alpha value is 0.0569. The molecule has 0 heterocycles. The summed E-state index contributed by atoms with van der Waals surface area (Å²) in [5.41, 5.74) is 0. The molecule has 0 aliphatic rings. The molecule has 0 radical (unpaired) electrons. The number of ether oxygens (including phenoxy) is 1. The number of hydrogen-bond acceptors (Lipinski definition) is 4. The Labute approximate surface area is 107 Å². The molecule has 17 heavy (non-hydrogen) atoms. The molecule has 0 saturated heterocycles. The summed E-state index contributed by atoms with van der Waals surface area (Å²) in [5, 5.41) is 3.41. The first-order valence-electron chi connectivity index (χ1n) is 6.66. The summed E-state index contributed by atoms with van der Waals surface area (Å²) in [4.78, 5) is 0. The average Bonchev–Trinajstić information content (AvgIpc) is 2.28. The topological polar surface area (TPSA) is 39.7 Å². The van der Waals surface area contributed by atoms with Gasteiger partial charge in [-0.25, -0.2) is 0 Å². The fourth-order valence-corrected chi connectivity index (χ4v) is 4.21. The Morgan fingerprint density at radius 1 is 1.00 bits per heavy atom. The van der Waals surface area contributed by atoms with Gasteiger partial charge in [-0.2, -0.15) is 0 Å². The zero-order valence-corrected chi connectivity index (χ0v) is 12.9. The molecule has 0 bridgehead atoms. The van der Waals surface area contributed by atoms with Crippen LogP contribution in [0.25, 0.3) is 0 Å². The maximum atomic E-state index is 5.78. The van der Waals surface area contributed by atoms with Crippen LogP contribution in [-0.4, -0.2) is 48.6 Å². The van der Waals surface area contributed by atoms with Crippen LogP contribution in [0, 0.1) is 0 Å². The molecule has 4 nitrogen and oxygen atoms in total. The highest BCUT2D eigenvalue weighted by atomic mass is 28.4. The summed E-state index contributed by atoms with van der Waals surface area (Å²) >= 11 is 0. The van der Waals surface area contributed by atoms with Crippen LogP contribution in [0.3, 0.4) is 0 Å². The molecule has 0 fully saturated rings. The van der Waals surface area contributed by atoms with Crippen LogP contribution in [0.4, 0.5) is 0 Å². The number of rotatable bonds is 12. The van der Waals surface area contributed by atoms with Crippen molar-refractivity contribution < 1.29 is 13.6 Å². The van der Waals surface area contributed by atoms with Crippen molar-refractivity contribution in [3.8, 4) is 0 Å². The zero-order chi connectivity index (χ0) is 13.0. The molecule has 0 aliphatic carbocycles. The second kappa shape index (κ2) is 11.2. The molecule has 0 rings (SSSR count). The molecular weight excluding hydrogens is 234 g/mol. The molecule has 1 N–H and O–H groups in total. The Balaban J connectivity index is 3.54. The van der Waals surface area contributed by atoms with Gasteiger partial charge >= 0.3 is 8.56 Å². The molecule has 0 aliphatic heterocycles. The lowest BCUT2D eigenvalue weighted by Crippen LogP contribution is -2.39. The van der Waals surface area contributed by atoms with E-state index in [-0.39, 0.29) is 0 Å². The molecule has 0 atom stereocenters. The average molecular weight is 263 g/mol. The lowest BCUT2D eigenvalue weighted by Gasteiger charge is -2.25. The summed E-state index contributed by atoms with van der Waals surface area (Å²) in [6.45, 7) is 10.6. The van der Waals surface area contributed by atoms with Gasteiger partial charge < -0.3 is 18.9 Å². The SMILES string of the molecule is CCO[Si](C)(CCCNCCCOC)OCC. The third-order valence-electron chi connectivity index (χ3n) is 2.59. The molecule has 0 unspecified atom stereocenters. The van der Waals surface area contributed by atoms with Crippen LogP contribution in [-0.2, 0) is 13.6 Å². The van der Waals surface area contributed by atoms with Gasteiger partial charge in [-0.3, -0.25) is 0 Å². The van der Waals surface area contributed by atoms with Crippen LogP contribution in [0.2, 0.25) is 12.6 Å². The van der Waals surface area contributed by atoms with E-state index < -0.39 is 8.56 Å². The third-order valence-corrected chi connectivity index (χ3v) is 5.65. The van der Waals surface area contributed by atoms with E-state index in [1.165, 1.54) is 0 Å². The van der Waals surface area contributed by atoms with Crippen LogP contribution in [0.15, 0.2) is 0 Å². The Bertz CT molecular complexity index is 164. The van der Waals surface area contributed by atoms with Gasteiger partial charge in [0.05, 0.1) is 0 Å². The lowest BCUT2D eigenvalue weighted by atomic mass is 10.4. The van der Waals surface area contributed by atoms with Gasteiger partial charge in [-0.15, -0.1) is 0 Å². The number of methoxy groups -OCH3 is 1. The Morgan fingerprint density at radius 2 is 1.59 bits per heavy atom. The first-order chi connectivity index (χ1) is 8.18. The standard InChI is InChI=1S/C12H29NO3Si/c1-5-15-17(4,16-6-2)12-8-10-13-9-7-11-14-3/h13H,5-12H2,1-4H3. The summed E-state index contributed by atoms with van der Waals surface area (Å²) in [7, 11) is -0.152. The normalized spacial score (nSPS) is 12.0. The van der Waals surface area contributed by atoms with E-state index in [2.05, 4.69) is 11.9 Å². The predicted octanol–water partition coefficient (Wildman–Crippen LogP) is 2.15. The minimum absolute atomic E-state index is 0.754. The van der Waals surface area contributed by atoms with Crippen molar-refractivity contribution in [3.63, 3.8) is 0 Å². The molecule has 0 aromatic rings. The van der Waals surface area contributed by atoms with Crippen molar-refractivity contribution in [2.45, 2.75) is 39.3 Å². The van der Waals surface area contributed by atoms with Crippen LogP contribution in [0.5, 0.6) is 0 Å². The van der Waals surface area contributed by atoms with Gasteiger partial charge in [0.15, 0.2) is 0 Å². The molecule has 104 valence electrons. The fourth-order valence-electron chi connectivity index (χ4n) is 1.80. The first kappa shape index (κ1) is 17.1. The second-order valence-electron chi connectivity index (χ2n) is 4.20. The van der Waals surface area contributed by atoms with Crippen LogP contribution in [0.1, 0.15) is 26.7 Å². The molecule has 0 spiro atoms. The predicted molar refractivity (Wildman–Crippen MR) is 73.7 cm³/mol. The van der Waals surface area contributed by atoms with E-state index in [1.54, 1.807) is 7.11 Å². The van der Waals surface area contributed by atoms with Gasteiger partial charge in [0, 0.05) is 26.9 Å². The summed E-state index contributed by atoms with van der Waals surface area (Å²) < 4.78 is 16.6. The summed E-state index contributed by atoms with van der Waals surface area (Å²) in [5.74, 6) is 0. The molecule has 0 aromatic heterocycles. The minimum atomic E-state index is -1.89. The van der Waals surface area contributed by atoms with Gasteiger partial charge in [0.1, 0.15) is 0 Å². The molecule has 0 aromatic carbocycles. The van der Waals surface area contributed by atoms with Crippen molar-refractivity contribution in [2.75, 3.05) is 40.0 Å². The maximum Gasteiger partial charge on any atom is 0.334 e. The van der Waals surface area contributed by atoms with Gasteiger partial charge in [0.2, 0.25) is 0 Å². The monoisotopic (exact) mass is 263 g/mol. The number of hydrogen-bond donors (Lipinski definition) is 1. The Kier molecular flexibility index (Phi) is 11.2. The van der Waals surface area contributed by atoms with Gasteiger partial charge in [0.25, 0.3) is 0 Å². The second-order valence-corrected chi connectivity index (χ2v) is 7.54. The quantitative estimate of drug-likeness (QED) is 0.433. The number of nitrogens with one attached hydrogen (secondary N) is 1. The minimum Gasteiger partial charge on any atom is -0.395 e. The smallest absolute Gasteiger partial charge is 0.334 e. The van der Waals surface area contributed by atoms with E-state index in [4.69, 9.17) is 13.6 Å². The maximum absolute atomic E-state index is 5.78. The van der Waals surface area contributed by atoms with E-state index in [9.17, 15) is 0 Å². The van der Waals surface area contributed by atoms with E-state index in [1.807, 2.05) is 13.8 Å². The van der Waals surface area contributed by atoms with E-state index in [0.29, 0.717) is 0 Å². The van der Waals surface area contributed by atoms with Crippen molar-refractivity contribution >= 4 is 8.56 Å². The first-order valence-corrected chi connectivity index (χ1v) is 9.18. The Morgan fingerprint density at radius 3 is 2.12 bits per heavy atom. The van der Waals surface area contributed by atoms with Crippen molar-refractivity contribution in [3.05, 3.63) is 0 Å². The van der Waals surface area contributed by atoms with Crippen LogP contribution < -0.4 is 5.32 Å². The van der Waals surface area contributed by atoms with Crippen molar-refractivity contribution in [1.82, 2.24) is 5.32 Å². The fraction of sp³-hybridized carbons (Fsp3) is 1.00.